The van der Waals surface area contributed by atoms with Crippen molar-refractivity contribution < 1.29 is 0 Å². The summed E-state index contributed by atoms with van der Waals surface area (Å²) in [6.45, 7) is 5.54. The van der Waals surface area contributed by atoms with Crippen molar-refractivity contribution in [3.63, 3.8) is 0 Å². The highest BCUT2D eigenvalue weighted by Crippen LogP contribution is 2.39. The summed E-state index contributed by atoms with van der Waals surface area (Å²) in [7, 11) is 2.17. The van der Waals surface area contributed by atoms with Crippen LogP contribution in [0, 0.1) is 11.8 Å². The van der Waals surface area contributed by atoms with Crippen molar-refractivity contribution in [2.45, 2.75) is 26.3 Å². The van der Waals surface area contributed by atoms with E-state index >= 15 is 0 Å². The largest absolute Gasteiger partial charge is 0.374 e. The molecular formula is C14H22N2. The van der Waals surface area contributed by atoms with Crippen molar-refractivity contribution in [3.05, 3.63) is 29.8 Å². The summed E-state index contributed by atoms with van der Waals surface area (Å²) in [6, 6.07) is 8.57. The Morgan fingerprint density at radius 2 is 2.06 bits per heavy atom. The first-order valence-corrected chi connectivity index (χ1v) is 6.15. The van der Waals surface area contributed by atoms with E-state index in [1.54, 1.807) is 0 Å². The molecule has 2 nitrogen and oxygen atoms in total. The van der Waals surface area contributed by atoms with Crippen LogP contribution in [-0.2, 0) is 0 Å². The predicted molar refractivity (Wildman–Crippen MR) is 69.6 cm³/mol. The Labute approximate surface area is 98.4 Å². The van der Waals surface area contributed by atoms with E-state index in [0.717, 1.165) is 18.4 Å². The molecule has 0 spiro atoms. The lowest BCUT2D eigenvalue weighted by atomic mass is 10.1. The van der Waals surface area contributed by atoms with Crippen molar-refractivity contribution in [1.82, 2.24) is 0 Å². The number of nitrogens with zero attached hydrogens (tertiary/aromatic N) is 1. The Morgan fingerprint density at radius 1 is 1.44 bits per heavy atom. The molecule has 0 saturated heterocycles. The van der Waals surface area contributed by atoms with Crippen LogP contribution in [0.3, 0.4) is 0 Å². The fourth-order valence-electron chi connectivity index (χ4n) is 2.32. The molecule has 2 rings (SSSR count). The van der Waals surface area contributed by atoms with Gasteiger partial charge in [0.25, 0.3) is 0 Å². The van der Waals surface area contributed by atoms with Gasteiger partial charge in [-0.25, -0.2) is 0 Å². The molecule has 3 atom stereocenters. The highest BCUT2D eigenvalue weighted by Gasteiger charge is 2.33. The van der Waals surface area contributed by atoms with Crippen LogP contribution in [0.1, 0.15) is 31.9 Å². The second kappa shape index (κ2) is 4.46. The van der Waals surface area contributed by atoms with E-state index in [4.69, 9.17) is 5.73 Å². The Balaban J connectivity index is 2.12. The van der Waals surface area contributed by atoms with E-state index in [1.165, 1.54) is 17.7 Å². The molecule has 1 aromatic carbocycles. The second-order valence-electron chi connectivity index (χ2n) is 5.20. The van der Waals surface area contributed by atoms with Crippen molar-refractivity contribution >= 4 is 5.69 Å². The summed E-state index contributed by atoms with van der Waals surface area (Å²) in [5, 5.41) is 0. The van der Waals surface area contributed by atoms with Gasteiger partial charge in [-0.15, -0.1) is 0 Å². The molecule has 0 radical (unpaired) electrons. The lowest BCUT2D eigenvalue weighted by molar-refractivity contribution is 0.716. The summed E-state index contributed by atoms with van der Waals surface area (Å²) in [4.78, 5) is 2.35. The number of benzene rings is 1. The number of hydrogen-bond acceptors (Lipinski definition) is 2. The minimum atomic E-state index is 0.107. The van der Waals surface area contributed by atoms with Gasteiger partial charge in [-0.2, -0.15) is 0 Å². The van der Waals surface area contributed by atoms with Crippen LogP contribution in [0.15, 0.2) is 24.3 Å². The van der Waals surface area contributed by atoms with Gasteiger partial charge in [-0.1, -0.05) is 25.1 Å². The molecule has 0 aromatic heterocycles. The maximum absolute atomic E-state index is 6.00. The molecule has 2 N–H and O–H groups in total. The molecule has 1 aromatic rings. The second-order valence-corrected chi connectivity index (χ2v) is 5.20. The van der Waals surface area contributed by atoms with Crippen LogP contribution in [0.25, 0.3) is 0 Å². The fourth-order valence-corrected chi connectivity index (χ4v) is 2.32. The average Bonchev–Trinajstić information content (AvgIpc) is 2.94. The lowest BCUT2D eigenvalue weighted by Crippen LogP contribution is -2.23. The van der Waals surface area contributed by atoms with Gasteiger partial charge in [0.05, 0.1) is 0 Å². The molecule has 2 unspecified atom stereocenters. The third-order valence-corrected chi connectivity index (χ3v) is 3.62. The van der Waals surface area contributed by atoms with E-state index in [9.17, 15) is 0 Å². The third-order valence-electron chi connectivity index (χ3n) is 3.62. The van der Waals surface area contributed by atoms with Crippen LogP contribution >= 0.6 is 0 Å². The molecule has 2 heteroatoms. The van der Waals surface area contributed by atoms with Crippen molar-refractivity contribution in [2.24, 2.45) is 17.6 Å². The van der Waals surface area contributed by atoms with Crippen LogP contribution in [0.5, 0.6) is 0 Å². The first-order valence-electron chi connectivity index (χ1n) is 6.15. The molecule has 1 saturated carbocycles. The lowest BCUT2D eigenvalue weighted by Gasteiger charge is -2.24. The quantitative estimate of drug-likeness (QED) is 0.842. The van der Waals surface area contributed by atoms with Gasteiger partial charge in [0, 0.05) is 25.3 Å². The number of anilines is 1. The highest BCUT2D eigenvalue weighted by molar-refractivity contribution is 5.54. The minimum Gasteiger partial charge on any atom is -0.374 e. The SMILES string of the molecule is CC1CC1CN(C)c1ccccc1[C@@H](C)N. The van der Waals surface area contributed by atoms with Gasteiger partial charge in [0.15, 0.2) is 0 Å². The summed E-state index contributed by atoms with van der Waals surface area (Å²) in [6.07, 6.45) is 1.38. The van der Waals surface area contributed by atoms with Gasteiger partial charge in [-0.05, 0) is 36.8 Å². The molecule has 1 aliphatic rings. The monoisotopic (exact) mass is 218 g/mol. The van der Waals surface area contributed by atoms with Crippen molar-refractivity contribution in [2.75, 3.05) is 18.5 Å². The normalized spacial score (nSPS) is 25.2. The standard InChI is InChI=1S/C14H22N2/c1-10-8-12(10)9-16(3)14-7-5-4-6-13(14)11(2)15/h4-7,10-12H,8-9,15H2,1-3H3/t10?,11-,12?/m1/s1. The third kappa shape index (κ3) is 2.38. The van der Waals surface area contributed by atoms with Crippen LogP contribution in [0.4, 0.5) is 5.69 Å². The zero-order chi connectivity index (χ0) is 11.7. The van der Waals surface area contributed by atoms with Gasteiger partial charge in [-0.3, -0.25) is 0 Å². The first-order chi connectivity index (χ1) is 7.59. The summed E-state index contributed by atoms with van der Waals surface area (Å²) < 4.78 is 0. The smallest absolute Gasteiger partial charge is 0.0412 e. The van der Waals surface area contributed by atoms with Gasteiger partial charge in [0.1, 0.15) is 0 Å². The average molecular weight is 218 g/mol. The Morgan fingerprint density at radius 3 is 2.62 bits per heavy atom. The zero-order valence-electron chi connectivity index (χ0n) is 10.5. The predicted octanol–water partition coefficient (Wildman–Crippen LogP) is 2.80. The maximum Gasteiger partial charge on any atom is 0.0412 e. The molecule has 1 fully saturated rings. The molecule has 0 heterocycles. The number of para-hydroxylation sites is 1. The summed E-state index contributed by atoms with van der Waals surface area (Å²) in [5.41, 5.74) is 8.54. The van der Waals surface area contributed by atoms with Crippen LogP contribution in [-0.4, -0.2) is 13.6 Å². The molecular weight excluding hydrogens is 196 g/mol. The number of hydrogen-bond donors (Lipinski definition) is 1. The molecule has 16 heavy (non-hydrogen) atoms. The molecule has 0 amide bonds. The highest BCUT2D eigenvalue weighted by atomic mass is 15.1. The first kappa shape index (κ1) is 11.5. The summed E-state index contributed by atoms with van der Waals surface area (Å²) >= 11 is 0. The zero-order valence-corrected chi connectivity index (χ0v) is 10.5. The van der Waals surface area contributed by atoms with E-state index in [2.05, 4.69) is 43.1 Å². The molecule has 1 aliphatic carbocycles. The fraction of sp³-hybridized carbons (Fsp3) is 0.571. The van der Waals surface area contributed by atoms with E-state index in [1.807, 2.05) is 6.92 Å². The van der Waals surface area contributed by atoms with E-state index < -0.39 is 0 Å². The Kier molecular flexibility index (Phi) is 3.20. The van der Waals surface area contributed by atoms with Crippen LogP contribution in [0.2, 0.25) is 0 Å². The van der Waals surface area contributed by atoms with Gasteiger partial charge in [0.2, 0.25) is 0 Å². The maximum atomic E-state index is 6.00. The Hall–Kier alpha value is -1.02. The van der Waals surface area contributed by atoms with E-state index in [-0.39, 0.29) is 6.04 Å². The van der Waals surface area contributed by atoms with Gasteiger partial charge >= 0.3 is 0 Å². The molecule has 88 valence electrons. The van der Waals surface area contributed by atoms with Crippen LogP contribution < -0.4 is 10.6 Å². The number of rotatable bonds is 4. The minimum absolute atomic E-state index is 0.107. The summed E-state index contributed by atoms with van der Waals surface area (Å²) in [5.74, 6) is 1.79. The van der Waals surface area contributed by atoms with Gasteiger partial charge < -0.3 is 10.6 Å². The van der Waals surface area contributed by atoms with Crippen molar-refractivity contribution in [1.29, 1.82) is 0 Å². The van der Waals surface area contributed by atoms with Crippen molar-refractivity contribution in [3.8, 4) is 0 Å². The molecule has 0 bridgehead atoms. The Bertz CT molecular complexity index is 360. The number of nitrogens with two attached hydrogens (primary N) is 1. The topological polar surface area (TPSA) is 29.3 Å². The molecule has 0 aliphatic heterocycles. The van der Waals surface area contributed by atoms with E-state index in [0.29, 0.717) is 0 Å².